The van der Waals surface area contributed by atoms with E-state index < -0.39 is 0 Å². The number of likely N-dealkylation sites (tertiary alicyclic amines) is 1. The van der Waals surface area contributed by atoms with Crippen LogP contribution in [-0.4, -0.2) is 44.7 Å². The van der Waals surface area contributed by atoms with E-state index in [9.17, 15) is 9.59 Å². The molecule has 0 atom stereocenters. The molecule has 1 heterocycles. The minimum atomic E-state index is -0.0602. The van der Waals surface area contributed by atoms with Crippen LogP contribution in [0, 0.1) is 0 Å². The van der Waals surface area contributed by atoms with Crippen LogP contribution in [0.25, 0.3) is 0 Å². The van der Waals surface area contributed by atoms with Gasteiger partial charge in [0, 0.05) is 27.0 Å². The largest absolute Gasteiger partial charge is 0.370 e. The molecule has 0 aliphatic carbocycles. The number of hydrogen-bond donors (Lipinski definition) is 1. The Hall–Kier alpha value is -0.940. The first kappa shape index (κ1) is 15.5. The Balaban J connectivity index is 0. The Labute approximate surface area is 85.4 Å². The van der Waals surface area contributed by atoms with Gasteiger partial charge in [-0.15, -0.1) is 0 Å². The molecule has 0 radical (unpaired) electrons. The fourth-order valence-electron chi connectivity index (χ4n) is 0.833. The van der Waals surface area contributed by atoms with Gasteiger partial charge in [0.15, 0.2) is 0 Å². The van der Waals surface area contributed by atoms with Crippen molar-refractivity contribution in [3.63, 3.8) is 0 Å². The zero-order valence-electron chi connectivity index (χ0n) is 8.29. The molecule has 2 amide bonds. The summed E-state index contributed by atoms with van der Waals surface area (Å²) in [6.07, 6.45) is 0.796. The molecule has 0 aromatic carbocycles. The zero-order chi connectivity index (χ0) is 10.3. The summed E-state index contributed by atoms with van der Waals surface area (Å²) in [5.74, 6) is -0.120. The van der Waals surface area contributed by atoms with Gasteiger partial charge < -0.3 is 4.74 Å². The van der Waals surface area contributed by atoms with Crippen molar-refractivity contribution < 1.29 is 14.3 Å². The average molecular weight is 204 g/mol. The lowest BCUT2D eigenvalue weighted by molar-refractivity contribution is -0.136. The SMILES string of the molecule is C.CN1C(=O)CCC1=O.CNCOC. The molecule has 84 valence electrons. The topological polar surface area (TPSA) is 58.6 Å². The summed E-state index contributed by atoms with van der Waals surface area (Å²) in [6.45, 7) is 0.639. The molecular formula is C9H20N2O3. The molecule has 0 aromatic rings. The molecule has 0 aromatic heterocycles. The molecule has 1 saturated heterocycles. The summed E-state index contributed by atoms with van der Waals surface area (Å²) in [4.78, 5) is 22.1. The lowest BCUT2D eigenvalue weighted by Gasteiger charge is -2.01. The summed E-state index contributed by atoms with van der Waals surface area (Å²) in [5, 5.41) is 2.80. The molecule has 0 spiro atoms. The van der Waals surface area contributed by atoms with E-state index in [2.05, 4.69) is 10.1 Å². The van der Waals surface area contributed by atoms with Crippen molar-refractivity contribution in [3.05, 3.63) is 0 Å². The average Bonchev–Trinajstić information content (AvgIpc) is 2.39. The maximum absolute atomic E-state index is 10.5. The second-order valence-electron chi connectivity index (χ2n) is 2.63. The molecule has 0 saturated carbocycles. The maximum Gasteiger partial charge on any atom is 0.229 e. The molecule has 1 aliphatic rings. The number of ether oxygens (including phenoxy) is 1. The van der Waals surface area contributed by atoms with Crippen molar-refractivity contribution in [1.82, 2.24) is 10.2 Å². The Morgan fingerprint density at radius 3 is 1.86 bits per heavy atom. The van der Waals surface area contributed by atoms with Crippen molar-refractivity contribution >= 4 is 11.8 Å². The van der Waals surface area contributed by atoms with Crippen molar-refractivity contribution in [3.8, 4) is 0 Å². The molecule has 5 nitrogen and oxygen atoms in total. The van der Waals surface area contributed by atoms with E-state index in [1.807, 2.05) is 7.05 Å². The number of hydrogen-bond acceptors (Lipinski definition) is 4. The van der Waals surface area contributed by atoms with Gasteiger partial charge in [-0.3, -0.25) is 19.8 Å². The van der Waals surface area contributed by atoms with Crippen LogP contribution in [-0.2, 0) is 14.3 Å². The minimum absolute atomic E-state index is 0. The summed E-state index contributed by atoms with van der Waals surface area (Å²) in [7, 11) is 5.00. The molecule has 1 aliphatic heterocycles. The first-order valence-electron chi connectivity index (χ1n) is 4.06. The Morgan fingerprint density at radius 2 is 1.79 bits per heavy atom. The summed E-state index contributed by atoms with van der Waals surface area (Å²) in [5.41, 5.74) is 0. The zero-order valence-corrected chi connectivity index (χ0v) is 8.29. The van der Waals surface area contributed by atoms with Crippen molar-refractivity contribution in [1.29, 1.82) is 0 Å². The molecule has 0 unspecified atom stereocenters. The number of methoxy groups -OCH3 is 1. The van der Waals surface area contributed by atoms with Gasteiger partial charge >= 0.3 is 0 Å². The molecule has 1 fully saturated rings. The van der Waals surface area contributed by atoms with Crippen LogP contribution >= 0.6 is 0 Å². The van der Waals surface area contributed by atoms with Crippen LogP contribution in [0.1, 0.15) is 20.3 Å². The highest BCUT2D eigenvalue weighted by Gasteiger charge is 2.24. The van der Waals surface area contributed by atoms with Crippen LogP contribution in [0.15, 0.2) is 0 Å². The van der Waals surface area contributed by atoms with Crippen LogP contribution < -0.4 is 5.32 Å². The minimum Gasteiger partial charge on any atom is -0.370 e. The fourth-order valence-corrected chi connectivity index (χ4v) is 0.833. The van der Waals surface area contributed by atoms with Crippen molar-refractivity contribution in [2.45, 2.75) is 20.3 Å². The lowest BCUT2D eigenvalue weighted by Crippen LogP contribution is -2.23. The fraction of sp³-hybridized carbons (Fsp3) is 0.778. The molecule has 5 heteroatoms. The highest BCUT2D eigenvalue weighted by Crippen LogP contribution is 2.07. The van der Waals surface area contributed by atoms with Gasteiger partial charge in [0.05, 0.1) is 6.73 Å². The third-order valence-electron chi connectivity index (χ3n) is 1.59. The van der Waals surface area contributed by atoms with Crippen molar-refractivity contribution in [2.24, 2.45) is 0 Å². The summed E-state index contributed by atoms with van der Waals surface area (Å²) >= 11 is 0. The van der Waals surface area contributed by atoms with E-state index in [1.165, 1.54) is 11.9 Å². The van der Waals surface area contributed by atoms with Crippen LogP contribution in [0.2, 0.25) is 0 Å². The summed E-state index contributed by atoms with van der Waals surface area (Å²) in [6, 6.07) is 0. The standard InChI is InChI=1S/C5H7NO2.C3H9NO.CH4/c1-6-4(7)2-3-5(6)8;1-4-3-5-2;/h2-3H2,1H3;4H,3H2,1-2H3;1H4. The first-order valence-corrected chi connectivity index (χ1v) is 4.06. The highest BCUT2D eigenvalue weighted by atomic mass is 16.5. The number of imide groups is 1. The smallest absolute Gasteiger partial charge is 0.229 e. The first-order chi connectivity index (χ1) is 6.13. The number of amides is 2. The van der Waals surface area contributed by atoms with E-state index >= 15 is 0 Å². The predicted molar refractivity (Wildman–Crippen MR) is 54.7 cm³/mol. The number of carbonyl (C=O) groups excluding carboxylic acids is 2. The van der Waals surface area contributed by atoms with Crippen LogP contribution in [0.3, 0.4) is 0 Å². The van der Waals surface area contributed by atoms with E-state index in [4.69, 9.17) is 0 Å². The predicted octanol–water partition coefficient (Wildman–Crippen LogP) is 0.211. The molecule has 1 rings (SSSR count). The molecule has 0 bridgehead atoms. The van der Waals surface area contributed by atoms with E-state index in [-0.39, 0.29) is 19.2 Å². The van der Waals surface area contributed by atoms with Gasteiger partial charge in [0.25, 0.3) is 0 Å². The van der Waals surface area contributed by atoms with E-state index in [1.54, 1.807) is 7.11 Å². The second kappa shape index (κ2) is 8.65. The monoisotopic (exact) mass is 204 g/mol. The molecule has 1 N–H and O–H groups in total. The van der Waals surface area contributed by atoms with Gasteiger partial charge in [-0.2, -0.15) is 0 Å². The van der Waals surface area contributed by atoms with E-state index in [0.717, 1.165) is 0 Å². The van der Waals surface area contributed by atoms with E-state index in [0.29, 0.717) is 19.6 Å². The normalized spacial score (nSPS) is 14.6. The number of rotatable bonds is 2. The lowest BCUT2D eigenvalue weighted by atomic mass is 10.4. The third kappa shape index (κ3) is 5.66. The quantitative estimate of drug-likeness (QED) is 0.516. The second-order valence-corrected chi connectivity index (χ2v) is 2.63. The van der Waals surface area contributed by atoms with Crippen molar-refractivity contribution in [2.75, 3.05) is 27.9 Å². The van der Waals surface area contributed by atoms with Gasteiger partial charge in [0.1, 0.15) is 0 Å². The number of nitrogens with one attached hydrogen (secondary N) is 1. The molecular weight excluding hydrogens is 184 g/mol. The summed E-state index contributed by atoms with van der Waals surface area (Å²) < 4.78 is 4.58. The highest BCUT2D eigenvalue weighted by molar-refractivity contribution is 6.01. The maximum atomic E-state index is 10.5. The van der Waals surface area contributed by atoms with Gasteiger partial charge in [0.2, 0.25) is 11.8 Å². The number of nitrogens with zero attached hydrogens (tertiary/aromatic N) is 1. The molecule has 14 heavy (non-hydrogen) atoms. The number of carbonyl (C=O) groups is 2. The Kier molecular flexibility index (Phi) is 9.59. The third-order valence-corrected chi connectivity index (χ3v) is 1.59. The van der Waals surface area contributed by atoms with Crippen LogP contribution in [0.5, 0.6) is 0 Å². The van der Waals surface area contributed by atoms with Gasteiger partial charge in [-0.1, -0.05) is 7.43 Å². The Bertz CT molecular complexity index is 165. The Morgan fingerprint density at radius 1 is 1.36 bits per heavy atom. The van der Waals surface area contributed by atoms with Gasteiger partial charge in [-0.25, -0.2) is 0 Å². The van der Waals surface area contributed by atoms with Gasteiger partial charge in [-0.05, 0) is 7.05 Å². The van der Waals surface area contributed by atoms with Crippen LogP contribution in [0.4, 0.5) is 0 Å².